The number of aryl methyl sites for hydroxylation is 1. The van der Waals surface area contributed by atoms with Gasteiger partial charge in [-0.15, -0.1) is 11.3 Å². The summed E-state index contributed by atoms with van der Waals surface area (Å²) in [6.07, 6.45) is 2.69. The Hall–Kier alpha value is -2.11. The van der Waals surface area contributed by atoms with Crippen molar-refractivity contribution in [3.8, 4) is 11.3 Å². The van der Waals surface area contributed by atoms with E-state index in [0.717, 1.165) is 33.9 Å². The van der Waals surface area contributed by atoms with Gasteiger partial charge in [-0.05, 0) is 37.1 Å². The zero-order valence-electron chi connectivity index (χ0n) is 12.5. The minimum Gasteiger partial charge on any atom is -0.357 e. The minimum atomic E-state index is -0.0378. The second kappa shape index (κ2) is 5.51. The maximum Gasteiger partial charge on any atom is 0.274 e. The van der Waals surface area contributed by atoms with Crippen LogP contribution in [-0.2, 0) is 6.42 Å². The first kappa shape index (κ1) is 14.5. The molecule has 1 N–H and O–H groups in total. The van der Waals surface area contributed by atoms with Gasteiger partial charge in [-0.25, -0.2) is 4.98 Å². The highest BCUT2D eigenvalue weighted by Crippen LogP contribution is 2.32. The van der Waals surface area contributed by atoms with Gasteiger partial charge in [0.25, 0.3) is 5.91 Å². The van der Waals surface area contributed by atoms with Gasteiger partial charge in [0, 0.05) is 34.4 Å². The third kappa shape index (κ3) is 2.56. The van der Waals surface area contributed by atoms with Crippen molar-refractivity contribution in [2.45, 2.75) is 13.3 Å². The number of nitrogens with one attached hydrogen (secondary N) is 1. The number of rotatable bonds is 2. The fraction of sp³-hybridized carbons (Fsp3) is 0.176. The number of benzene rings is 1. The van der Waals surface area contributed by atoms with E-state index < -0.39 is 0 Å². The Balaban J connectivity index is 1.64. The summed E-state index contributed by atoms with van der Waals surface area (Å²) >= 11 is 7.67. The second-order valence-corrected chi connectivity index (χ2v) is 7.03. The van der Waals surface area contributed by atoms with Crippen LogP contribution in [0, 0.1) is 6.92 Å². The molecule has 23 heavy (non-hydrogen) atoms. The molecule has 0 fully saturated rings. The Morgan fingerprint density at radius 1 is 1.39 bits per heavy atom. The SMILES string of the molecule is Cc1nc(-c2c[nH]c(C(=O)N3CCc4ccc(Cl)cc43)c2)cs1. The van der Waals surface area contributed by atoms with Crippen molar-refractivity contribution >= 4 is 34.5 Å². The number of amides is 1. The molecule has 1 aromatic carbocycles. The van der Waals surface area contributed by atoms with Gasteiger partial charge in [0.15, 0.2) is 0 Å². The topological polar surface area (TPSA) is 49.0 Å². The summed E-state index contributed by atoms with van der Waals surface area (Å²) in [6, 6.07) is 7.57. The number of carbonyl (C=O) groups is 1. The first-order valence-corrected chi connectivity index (χ1v) is 8.59. The average molecular weight is 344 g/mol. The van der Waals surface area contributed by atoms with E-state index in [1.165, 1.54) is 0 Å². The van der Waals surface area contributed by atoms with E-state index in [1.54, 1.807) is 16.2 Å². The Kier molecular flexibility index (Phi) is 3.47. The normalized spacial score (nSPS) is 13.4. The third-order valence-electron chi connectivity index (χ3n) is 4.02. The Morgan fingerprint density at radius 2 is 2.26 bits per heavy atom. The largest absolute Gasteiger partial charge is 0.357 e. The van der Waals surface area contributed by atoms with Crippen LogP contribution in [0.25, 0.3) is 11.3 Å². The molecule has 4 rings (SSSR count). The standard InChI is InChI=1S/C17H14ClN3OS/c1-10-20-15(9-23-10)12-6-14(19-8-12)17(22)21-5-4-11-2-3-13(18)7-16(11)21/h2-3,6-9,19H,4-5H2,1H3. The fourth-order valence-electron chi connectivity index (χ4n) is 2.87. The average Bonchev–Trinajstić information content (AvgIpc) is 3.24. The van der Waals surface area contributed by atoms with Crippen LogP contribution in [0.2, 0.25) is 5.02 Å². The first-order chi connectivity index (χ1) is 11.1. The van der Waals surface area contributed by atoms with Gasteiger partial charge in [-0.1, -0.05) is 17.7 Å². The second-order valence-electron chi connectivity index (χ2n) is 5.53. The predicted octanol–water partition coefficient (Wildman–Crippen LogP) is 4.30. The summed E-state index contributed by atoms with van der Waals surface area (Å²) < 4.78 is 0. The van der Waals surface area contributed by atoms with E-state index in [0.29, 0.717) is 17.3 Å². The molecular weight excluding hydrogens is 330 g/mol. The van der Waals surface area contributed by atoms with Crippen LogP contribution >= 0.6 is 22.9 Å². The molecule has 3 aromatic rings. The highest BCUT2D eigenvalue weighted by Gasteiger charge is 2.26. The lowest BCUT2D eigenvalue weighted by Gasteiger charge is -2.16. The molecule has 4 nitrogen and oxygen atoms in total. The summed E-state index contributed by atoms with van der Waals surface area (Å²) in [5, 5.41) is 3.66. The lowest BCUT2D eigenvalue weighted by Crippen LogP contribution is -2.29. The van der Waals surface area contributed by atoms with E-state index in [-0.39, 0.29) is 5.91 Å². The molecule has 0 radical (unpaired) electrons. The molecule has 0 spiro atoms. The smallest absolute Gasteiger partial charge is 0.274 e. The third-order valence-corrected chi connectivity index (χ3v) is 5.02. The van der Waals surface area contributed by atoms with Gasteiger partial charge < -0.3 is 9.88 Å². The fourth-order valence-corrected chi connectivity index (χ4v) is 3.66. The Morgan fingerprint density at radius 3 is 3.04 bits per heavy atom. The van der Waals surface area contributed by atoms with Crippen LogP contribution in [0.5, 0.6) is 0 Å². The molecular formula is C17H14ClN3OS. The number of aromatic nitrogens is 2. The summed E-state index contributed by atoms with van der Waals surface area (Å²) in [5.74, 6) is -0.0378. The highest BCUT2D eigenvalue weighted by molar-refractivity contribution is 7.09. The molecule has 1 amide bonds. The van der Waals surface area contributed by atoms with E-state index in [2.05, 4.69) is 9.97 Å². The number of hydrogen-bond acceptors (Lipinski definition) is 3. The molecule has 0 saturated heterocycles. The molecule has 0 bridgehead atoms. The number of anilines is 1. The monoisotopic (exact) mass is 343 g/mol. The molecule has 1 aliphatic heterocycles. The summed E-state index contributed by atoms with van der Waals surface area (Å²) in [6.45, 7) is 2.65. The van der Waals surface area contributed by atoms with Crippen LogP contribution in [0.1, 0.15) is 21.1 Å². The molecule has 0 saturated carbocycles. The van der Waals surface area contributed by atoms with Gasteiger partial charge in [0.2, 0.25) is 0 Å². The van der Waals surface area contributed by atoms with Crippen LogP contribution < -0.4 is 4.90 Å². The number of hydrogen-bond donors (Lipinski definition) is 1. The molecule has 116 valence electrons. The van der Waals surface area contributed by atoms with Crippen molar-refractivity contribution in [2.24, 2.45) is 0 Å². The first-order valence-electron chi connectivity index (χ1n) is 7.33. The number of thiazole rings is 1. The highest BCUT2D eigenvalue weighted by atomic mass is 35.5. The van der Waals surface area contributed by atoms with E-state index in [4.69, 9.17) is 11.6 Å². The molecule has 6 heteroatoms. The number of aromatic amines is 1. The van der Waals surface area contributed by atoms with Crippen LogP contribution in [0.3, 0.4) is 0 Å². The van der Waals surface area contributed by atoms with Crippen molar-refractivity contribution in [3.63, 3.8) is 0 Å². The zero-order valence-corrected chi connectivity index (χ0v) is 14.0. The van der Waals surface area contributed by atoms with Crippen molar-refractivity contribution in [3.05, 3.63) is 57.1 Å². The Bertz CT molecular complexity index is 899. The number of nitrogens with zero attached hydrogens (tertiary/aromatic N) is 2. The van der Waals surface area contributed by atoms with Crippen molar-refractivity contribution in [1.29, 1.82) is 0 Å². The number of fused-ring (bicyclic) bond motifs is 1. The number of halogens is 1. The minimum absolute atomic E-state index is 0.0378. The molecule has 0 unspecified atom stereocenters. The molecule has 2 aromatic heterocycles. The summed E-state index contributed by atoms with van der Waals surface area (Å²) in [4.78, 5) is 22.1. The maximum absolute atomic E-state index is 12.8. The van der Waals surface area contributed by atoms with Crippen LogP contribution in [0.4, 0.5) is 5.69 Å². The van der Waals surface area contributed by atoms with Crippen molar-refractivity contribution in [1.82, 2.24) is 9.97 Å². The molecule has 3 heterocycles. The van der Waals surface area contributed by atoms with E-state index in [9.17, 15) is 4.79 Å². The summed E-state index contributed by atoms with van der Waals surface area (Å²) in [7, 11) is 0. The quantitative estimate of drug-likeness (QED) is 0.754. The van der Waals surface area contributed by atoms with Crippen LogP contribution in [0.15, 0.2) is 35.8 Å². The van der Waals surface area contributed by atoms with Crippen LogP contribution in [-0.4, -0.2) is 22.4 Å². The van der Waals surface area contributed by atoms with Gasteiger partial charge in [-0.3, -0.25) is 4.79 Å². The number of H-pyrrole nitrogens is 1. The van der Waals surface area contributed by atoms with Gasteiger partial charge in [-0.2, -0.15) is 0 Å². The van der Waals surface area contributed by atoms with E-state index in [1.807, 2.05) is 42.8 Å². The predicted molar refractivity (Wildman–Crippen MR) is 93.5 cm³/mol. The van der Waals surface area contributed by atoms with Crippen molar-refractivity contribution in [2.75, 3.05) is 11.4 Å². The number of carbonyl (C=O) groups excluding carboxylic acids is 1. The zero-order chi connectivity index (χ0) is 16.0. The van der Waals surface area contributed by atoms with E-state index >= 15 is 0 Å². The maximum atomic E-state index is 12.8. The van der Waals surface area contributed by atoms with Gasteiger partial charge >= 0.3 is 0 Å². The molecule has 1 aliphatic rings. The van der Waals surface area contributed by atoms with Gasteiger partial charge in [0.1, 0.15) is 5.69 Å². The lowest BCUT2D eigenvalue weighted by molar-refractivity contribution is 0.0985. The van der Waals surface area contributed by atoms with Gasteiger partial charge in [0.05, 0.1) is 10.7 Å². The Labute approximate surface area is 142 Å². The summed E-state index contributed by atoms with van der Waals surface area (Å²) in [5.41, 5.74) is 4.46. The molecule has 0 atom stereocenters. The lowest BCUT2D eigenvalue weighted by atomic mass is 10.2. The van der Waals surface area contributed by atoms with Crippen molar-refractivity contribution < 1.29 is 4.79 Å². The molecule has 0 aliphatic carbocycles.